The Morgan fingerprint density at radius 2 is 0.776 bits per heavy atom. The minimum Gasteiger partial charge on any atom is -0.274 e. The Morgan fingerprint density at radius 3 is 1.36 bits per heavy atom. The van der Waals surface area contributed by atoms with Gasteiger partial charge in [-0.1, -0.05) is 72.8 Å². The summed E-state index contributed by atoms with van der Waals surface area (Å²) in [5.74, 6) is 1.49. The highest BCUT2D eigenvalue weighted by Crippen LogP contribution is 2.39. The van der Waals surface area contributed by atoms with Crippen LogP contribution in [0.15, 0.2) is 183 Å². The minimum atomic E-state index is 0.745. The van der Waals surface area contributed by atoms with Crippen LogP contribution in [0, 0.1) is 0 Å². The lowest BCUT2D eigenvalue weighted by Crippen LogP contribution is -2.03. The molecule has 0 radical (unpaired) electrons. The van der Waals surface area contributed by atoms with E-state index >= 15 is 0 Å². The third-order valence-electron chi connectivity index (χ3n) is 11.0. The third kappa shape index (κ3) is 5.09. The lowest BCUT2D eigenvalue weighted by molar-refractivity contribution is 1.07. The lowest BCUT2D eigenvalue weighted by atomic mass is 9.95. The summed E-state index contributed by atoms with van der Waals surface area (Å²) in [7, 11) is 0. The van der Waals surface area contributed by atoms with Crippen LogP contribution in [0.1, 0.15) is 0 Å². The number of aromatic nitrogens is 8. The van der Waals surface area contributed by atoms with Crippen molar-refractivity contribution in [3.8, 4) is 45.3 Å². The highest BCUT2D eigenvalue weighted by molar-refractivity contribution is 6.00. The second-order valence-electron chi connectivity index (χ2n) is 14.5. The smallest absolute Gasteiger partial charge is 0.165 e. The molecule has 8 nitrogen and oxygen atoms in total. The maximum absolute atomic E-state index is 5.31. The van der Waals surface area contributed by atoms with E-state index in [1.54, 1.807) is 0 Å². The first-order chi connectivity index (χ1) is 28.7. The molecule has 6 aromatic carbocycles. The van der Waals surface area contributed by atoms with E-state index in [9.17, 15) is 0 Å². The molecule has 0 atom stereocenters. The summed E-state index contributed by atoms with van der Waals surface area (Å²) in [6, 6.07) is 54.8. The molecule has 0 bridgehead atoms. The summed E-state index contributed by atoms with van der Waals surface area (Å²) in [6.45, 7) is 0. The van der Waals surface area contributed by atoms with E-state index in [-0.39, 0.29) is 0 Å². The largest absolute Gasteiger partial charge is 0.274 e. The topological polar surface area (TPSA) is 87.2 Å². The fourth-order valence-electron chi connectivity index (χ4n) is 8.38. The molecule has 6 aromatic heterocycles. The number of imidazole rings is 2. The fraction of sp³-hybridized carbons (Fsp3) is 0. The van der Waals surface area contributed by atoms with Crippen LogP contribution in [0.5, 0.6) is 0 Å². The zero-order valence-corrected chi connectivity index (χ0v) is 30.9. The molecular formula is C50H30N8. The van der Waals surface area contributed by atoms with E-state index in [1.165, 1.54) is 21.5 Å². The van der Waals surface area contributed by atoms with Crippen LogP contribution in [-0.4, -0.2) is 39.0 Å². The molecule has 8 heteroatoms. The first-order valence-electron chi connectivity index (χ1n) is 19.2. The van der Waals surface area contributed by atoms with Crippen molar-refractivity contribution in [1.29, 1.82) is 0 Å². The second-order valence-corrected chi connectivity index (χ2v) is 14.5. The number of fused-ring (bicyclic) bond motifs is 6. The van der Waals surface area contributed by atoms with Crippen LogP contribution in [0.4, 0.5) is 0 Å². The molecule has 6 heterocycles. The Morgan fingerprint density at radius 1 is 0.310 bits per heavy atom. The van der Waals surface area contributed by atoms with Crippen LogP contribution in [0.3, 0.4) is 0 Å². The summed E-state index contributed by atoms with van der Waals surface area (Å²) >= 11 is 0. The van der Waals surface area contributed by atoms with Gasteiger partial charge in [-0.05, 0) is 118 Å². The molecular weight excluding hydrogens is 713 g/mol. The maximum atomic E-state index is 5.31. The Hall–Kier alpha value is -8.10. The normalized spacial score (nSPS) is 11.8. The summed E-state index contributed by atoms with van der Waals surface area (Å²) in [6.07, 6.45) is 7.30. The highest BCUT2D eigenvalue weighted by Gasteiger charge is 2.23. The molecule has 0 saturated carbocycles. The number of rotatable bonds is 5. The average molecular weight is 743 g/mol. The van der Waals surface area contributed by atoms with Gasteiger partial charge in [-0.2, -0.15) is 0 Å². The van der Waals surface area contributed by atoms with E-state index < -0.39 is 0 Å². The summed E-state index contributed by atoms with van der Waals surface area (Å²) in [5.41, 5.74) is 10.5. The van der Waals surface area contributed by atoms with Gasteiger partial charge >= 0.3 is 0 Å². The third-order valence-corrected chi connectivity index (χ3v) is 11.0. The van der Waals surface area contributed by atoms with Crippen molar-refractivity contribution < 1.29 is 0 Å². The first-order valence-corrected chi connectivity index (χ1v) is 19.2. The molecule has 58 heavy (non-hydrogen) atoms. The standard InChI is InChI=1S/C50H30N8/c1-2-10-34-26-37-27-36(20-19-35(37)25-33(34)9-1)38-28-39(47-55-41-15-7-23-53-49(41)57(47)43-17-3-11-31-13-5-21-51-45(31)43)30-40(29-38)48-56-42-16-8-24-54-50(42)58(48)44-18-4-12-32-14-6-22-52-46(32)44/h1-30H. The van der Waals surface area contributed by atoms with Crippen LogP contribution in [0.25, 0.3) is 111 Å². The van der Waals surface area contributed by atoms with Crippen molar-refractivity contribution in [2.45, 2.75) is 0 Å². The Kier molecular flexibility index (Phi) is 7.06. The number of para-hydroxylation sites is 2. The molecule has 0 N–H and O–H groups in total. The number of benzene rings is 6. The first kappa shape index (κ1) is 32.2. The Labute approximate surface area is 331 Å². The summed E-state index contributed by atoms with van der Waals surface area (Å²) < 4.78 is 4.28. The predicted octanol–water partition coefficient (Wildman–Crippen LogP) is 11.6. The van der Waals surface area contributed by atoms with E-state index in [4.69, 9.17) is 29.9 Å². The van der Waals surface area contributed by atoms with Crippen molar-refractivity contribution in [2.75, 3.05) is 0 Å². The lowest BCUT2D eigenvalue weighted by Gasteiger charge is -2.15. The van der Waals surface area contributed by atoms with E-state index in [0.29, 0.717) is 0 Å². The van der Waals surface area contributed by atoms with Gasteiger partial charge in [0.05, 0.1) is 22.4 Å². The molecule has 0 fully saturated rings. The summed E-state index contributed by atoms with van der Waals surface area (Å²) in [5, 5.41) is 6.85. The van der Waals surface area contributed by atoms with Gasteiger partial charge in [0.2, 0.25) is 0 Å². The van der Waals surface area contributed by atoms with Crippen LogP contribution < -0.4 is 0 Å². The molecule has 0 aliphatic heterocycles. The quantitative estimate of drug-likeness (QED) is 0.163. The van der Waals surface area contributed by atoms with Gasteiger partial charge in [-0.15, -0.1) is 0 Å². The number of hydrogen-bond acceptors (Lipinski definition) is 6. The molecule has 0 aliphatic carbocycles. The number of hydrogen-bond donors (Lipinski definition) is 0. The molecule has 0 amide bonds. The molecule has 0 saturated heterocycles. The predicted molar refractivity (Wildman–Crippen MR) is 233 cm³/mol. The van der Waals surface area contributed by atoms with Crippen molar-refractivity contribution in [3.63, 3.8) is 0 Å². The van der Waals surface area contributed by atoms with Crippen LogP contribution in [0.2, 0.25) is 0 Å². The van der Waals surface area contributed by atoms with Gasteiger partial charge in [0.1, 0.15) is 22.7 Å². The van der Waals surface area contributed by atoms with E-state index in [2.05, 4.69) is 130 Å². The number of nitrogens with zero attached hydrogens (tertiary/aromatic N) is 8. The van der Waals surface area contributed by atoms with Gasteiger partial charge in [-0.25, -0.2) is 19.9 Å². The average Bonchev–Trinajstić information content (AvgIpc) is 3.87. The van der Waals surface area contributed by atoms with Crippen molar-refractivity contribution in [1.82, 2.24) is 39.0 Å². The highest BCUT2D eigenvalue weighted by atomic mass is 15.2. The van der Waals surface area contributed by atoms with Gasteiger partial charge in [0.15, 0.2) is 11.3 Å². The second kappa shape index (κ2) is 12.7. The molecule has 270 valence electrons. The van der Waals surface area contributed by atoms with Crippen molar-refractivity contribution in [2.24, 2.45) is 0 Å². The molecule has 0 unspecified atom stereocenters. The SMILES string of the molecule is c1ccc2cc3cc(-c4cc(-c5nc6cccnc6n5-c5cccc6cccnc56)cc(-c5nc6cccnc6n5-c5cccc6cccnc56)c4)ccc3cc2c1. The monoisotopic (exact) mass is 742 g/mol. The van der Waals surface area contributed by atoms with E-state index in [1.807, 2.05) is 61.2 Å². The molecule has 12 aromatic rings. The van der Waals surface area contributed by atoms with Gasteiger partial charge in [0.25, 0.3) is 0 Å². The minimum absolute atomic E-state index is 0.745. The maximum Gasteiger partial charge on any atom is 0.165 e. The molecule has 12 rings (SSSR count). The van der Waals surface area contributed by atoms with Gasteiger partial charge in [-0.3, -0.25) is 19.1 Å². The molecule has 0 aliphatic rings. The van der Waals surface area contributed by atoms with Crippen LogP contribution in [-0.2, 0) is 0 Å². The number of pyridine rings is 4. The van der Waals surface area contributed by atoms with Gasteiger partial charge < -0.3 is 0 Å². The van der Waals surface area contributed by atoms with Crippen molar-refractivity contribution >= 4 is 65.7 Å². The Balaban J connectivity index is 1.17. The summed E-state index contributed by atoms with van der Waals surface area (Å²) in [4.78, 5) is 30.1. The zero-order chi connectivity index (χ0) is 38.2. The Bertz CT molecular complexity index is 3420. The van der Waals surface area contributed by atoms with Crippen LogP contribution >= 0.6 is 0 Å². The van der Waals surface area contributed by atoms with Crippen molar-refractivity contribution in [3.05, 3.63) is 183 Å². The molecule has 0 spiro atoms. The zero-order valence-electron chi connectivity index (χ0n) is 30.9. The van der Waals surface area contributed by atoms with E-state index in [0.717, 1.165) is 89.4 Å². The fourth-order valence-corrected chi connectivity index (χ4v) is 8.38. The van der Waals surface area contributed by atoms with Gasteiger partial charge in [0, 0.05) is 46.7 Å².